The molecule has 1 aromatic carbocycles. The van der Waals surface area contributed by atoms with Crippen LogP contribution >= 0.6 is 15.9 Å². The van der Waals surface area contributed by atoms with Gasteiger partial charge in [-0.1, -0.05) is 26.0 Å². The summed E-state index contributed by atoms with van der Waals surface area (Å²) in [7, 11) is 0. The largest absolute Gasteiger partial charge is 0.439 e. The first-order valence-corrected chi connectivity index (χ1v) is 6.34. The first-order valence-electron chi connectivity index (χ1n) is 5.54. The molecule has 0 aliphatic heterocycles. The second-order valence-electron chi connectivity index (χ2n) is 4.14. The van der Waals surface area contributed by atoms with Crippen molar-refractivity contribution in [3.05, 3.63) is 52.6 Å². The van der Waals surface area contributed by atoms with Crippen LogP contribution in [0.2, 0.25) is 0 Å². The Kier molecular flexibility index (Phi) is 3.79. The number of halogens is 1. The van der Waals surface area contributed by atoms with Crippen LogP contribution in [-0.2, 0) is 0 Å². The third-order valence-electron chi connectivity index (χ3n) is 2.45. The van der Waals surface area contributed by atoms with E-state index in [4.69, 9.17) is 4.74 Å². The van der Waals surface area contributed by atoms with E-state index in [2.05, 4.69) is 40.8 Å². The van der Waals surface area contributed by atoms with Crippen molar-refractivity contribution in [3.63, 3.8) is 0 Å². The number of pyridine rings is 1. The van der Waals surface area contributed by atoms with Crippen LogP contribution in [0.3, 0.4) is 0 Å². The van der Waals surface area contributed by atoms with Crippen LogP contribution < -0.4 is 4.74 Å². The zero-order chi connectivity index (χ0) is 12.3. The van der Waals surface area contributed by atoms with Crippen molar-refractivity contribution in [2.24, 2.45) is 0 Å². The Balaban J connectivity index is 2.18. The van der Waals surface area contributed by atoms with Gasteiger partial charge in [-0.15, -0.1) is 0 Å². The number of aromatic nitrogens is 1. The molecule has 1 aromatic heterocycles. The highest BCUT2D eigenvalue weighted by Gasteiger charge is 2.02. The number of ether oxygens (including phenoxy) is 1. The lowest BCUT2D eigenvalue weighted by atomic mass is 10.0. The fourth-order valence-corrected chi connectivity index (χ4v) is 1.72. The maximum Gasteiger partial charge on any atom is 0.219 e. The molecular weight excluding hydrogens is 278 g/mol. The third-order valence-corrected chi connectivity index (χ3v) is 2.92. The van der Waals surface area contributed by atoms with E-state index in [1.165, 1.54) is 5.56 Å². The zero-order valence-corrected chi connectivity index (χ0v) is 11.4. The number of nitrogens with zero attached hydrogens (tertiary/aromatic N) is 1. The number of hydrogen-bond donors (Lipinski definition) is 0. The van der Waals surface area contributed by atoms with Gasteiger partial charge in [0, 0.05) is 16.7 Å². The Labute approximate surface area is 110 Å². The van der Waals surface area contributed by atoms with Gasteiger partial charge in [-0.25, -0.2) is 4.98 Å². The molecule has 88 valence electrons. The minimum atomic E-state index is 0.497. The van der Waals surface area contributed by atoms with E-state index in [-0.39, 0.29) is 0 Å². The fraction of sp³-hybridized carbons (Fsp3) is 0.214. The Bertz CT molecular complexity index is 494. The van der Waals surface area contributed by atoms with Gasteiger partial charge in [0.2, 0.25) is 5.88 Å². The zero-order valence-electron chi connectivity index (χ0n) is 9.85. The first kappa shape index (κ1) is 12.1. The molecular formula is C14H14BrNO. The Hall–Kier alpha value is -1.35. The Morgan fingerprint density at radius 2 is 2.00 bits per heavy atom. The fourth-order valence-electron chi connectivity index (χ4n) is 1.48. The maximum absolute atomic E-state index is 5.69. The van der Waals surface area contributed by atoms with Gasteiger partial charge in [-0.2, -0.15) is 0 Å². The highest BCUT2D eigenvalue weighted by atomic mass is 79.9. The summed E-state index contributed by atoms with van der Waals surface area (Å²) in [5.41, 5.74) is 1.26. The van der Waals surface area contributed by atoms with E-state index in [9.17, 15) is 0 Å². The number of benzene rings is 1. The van der Waals surface area contributed by atoms with E-state index < -0.39 is 0 Å². The van der Waals surface area contributed by atoms with E-state index in [0.29, 0.717) is 11.8 Å². The van der Waals surface area contributed by atoms with Crippen molar-refractivity contribution >= 4 is 15.9 Å². The number of hydrogen-bond acceptors (Lipinski definition) is 2. The molecule has 0 N–H and O–H groups in total. The van der Waals surface area contributed by atoms with Gasteiger partial charge in [0.1, 0.15) is 5.75 Å². The van der Waals surface area contributed by atoms with Crippen LogP contribution in [0.25, 0.3) is 0 Å². The maximum atomic E-state index is 5.69. The van der Waals surface area contributed by atoms with Crippen LogP contribution in [-0.4, -0.2) is 4.98 Å². The van der Waals surface area contributed by atoms with Gasteiger partial charge in [0.15, 0.2) is 0 Å². The SMILES string of the molecule is CC(C)c1cccc(Oc2ccc(Br)cn2)c1. The summed E-state index contributed by atoms with van der Waals surface area (Å²) in [5, 5.41) is 0. The summed E-state index contributed by atoms with van der Waals surface area (Å²) in [4.78, 5) is 4.18. The predicted molar refractivity (Wildman–Crippen MR) is 72.5 cm³/mol. The molecule has 0 atom stereocenters. The minimum absolute atomic E-state index is 0.497. The molecule has 0 radical (unpaired) electrons. The first-order chi connectivity index (χ1) is 8.15. The van der Waals surface area contributed by atoms with E-state index in [0.717, 1.165) is 10.2 Å². The van der Waals surface area contributed by atoms with Crippen molar-refractivity contribution in [2.75, 3.05) is 0 Å². The molecule has 0 fully saturated rings. The van der Waals surface area contributed by atoms with Crippen molar-refractivity contribution in [3.8, 4) is 11.6 Å². The summed E-state index contributed by atoms with van der Waals surface area (Å²) in [6, 6.07) is 11.8. The van der Waals surface area contributed by atoms with Crippen LogP contribution in [0, 0.1) is 0 Å². The monoisotopic (exact) mass is 291 g/mol. The topological polar surface area (TPSA) is 22.1 Å². The molecule has 0 aliphatic rings. The van der Waals surface area contributed by atoms with Gasteiger partial charge in [0.25, 0.3) is 0 Å². The van der Waals surface area contributed by atoms with E-state index in [1.54, 1.807) is 6.20 Å². The van der Waals surface area contributed by atoms with Gasteiger partial charge in [0.05, 0.1) is 0 Å². The van der Waals surface area contributed by atoms with Crippen molar-refractivity contribution in [1.29, 1.82) is 0 Å². The summed E-state index contributed by atoms with van der Waals surface area (Å²) in [6.45, 7) is 4.33. The van der Waals surface area contributed by atoms with Crippen molar-refractivity contribution < 1.29 is 4.74 Å². The normalized spacial score (nSPS) is 10.6. The molecule has 0 saturated heterocycles. The molecule has 2 rings (SSSR count). The smallest absolute Gasteiger partial charge is 0.219 e. The molecule has 1 heterocycles. The quantitative estimate of drug-likeness (QED) is 0.813. The van der Waals surface area contributed by atoms with Crippen molar-refractivity contribution in [1.82, 2.24) is 4.98 Å². The van der Waals surface area contributed by atoms with Crippen LogP contribution in [0.15, 0.2) is 47.1 Å². The lowest BCUT2D eigenvalue weighted by Crippen LogP contribution is -1.90. The molecule has 3 heteroatoms. The summed E-state index contributed by atoms with van der Waals surface area (Å²) in [5.74, 6) is 1.93. The van der Waals surface area contributed by atoms with E-state index in [1.807, 2.05) is 30.3 Å². The van der Waals surface area contributed by atoms with E-state index >= 15 is 0 Å². The molecule has 2 aromatic rings. The average molecular weight is 292 g/mol. The van der Waals surface area contributed by atoms with Gasteiger partial charge < -0.3 is 4.74 Å². The molecule has 0 bridgehead atoms. The highest BCUT2D eigenvalue weighted by molar-refractivity contribution is 9.10. The van der Waals surface area contributed by atoms with Crippen LogP contribution in [0.1, 0.15) is 25.3 Å². The molecule has 0 aliphatic carbocycles. The molecule has 0 saturated carbocycles. The van der Waals surface area contributed by atoms with Crippen molar-refractivity contribution in [2.45, 2.75) is 19.8 Å². The molecule has 2 nitrogen and oxygen atoms in total. The molecule has 0 unspecified atom stereocenters. The second kappa shape index (κ2) is 5.32. The minimum Gasteiger partial charge on any atom is -0.439 e. The standard InChI is InChI=1S/C14H14BrNO/c1-10(2)11-4-3-5-13(8-11)17-14-7-6-12(15)9-16-14/h3-10H,1-2H3. The molecule has 17 heavy (non-hydrogen) atoms. The predicted octanol–water partition coefficient (Wildman–Crippen LogP) is 4.76. The number of rotatable bonds is 3. The van der Waals surface area contributed by atoms with Crippen LogP contribution in [0.4, 0.5) is 0 Å². The molecule has 0 spiro atoms. The molecule has 0 amide bonds. The lowest BCUT2D eigenvalue weighted by molar-refractivity contribution is 0.462. The Morgan fingerprint density at radius 1 is 1.18 bits per heavy atom. The van der Waals surface area contributed by atoms with Gasteiger partial charge in [-0.3, -0.25) is 0 Å². The van der Waals surface area contributed by atoms with Gasteiger partial charge >= 0.3 is 0 Å². The summed E-state index contributed by atoms with van der Waals surface area (Å²) >= 11 is 3.34. The second-order valence-corrected chi connectivity index (χ2v) is 5.06. The third kappa shape index (κ3) is 3.30. The summed E-state index contributed by atoms with van der Waals surface area (Å²) < 4.78 is 6.64. The average Bonchev–Trinajstić information content (AvgIpc) is 2.32. The lowest BCUT2D eigenvalue weighted by Gasteiger charge is -2.08. The highest BCUT2D eigenvalue weighted by Crippen LogP contribution is 2.24. The van der Waals surface area contributed by atoms with Gasteiger partial charge in [-0.05, 0) is 45.6 Å². The van der Waals surface area contributed by atoms with Crippen LogP contribution in [0.5, 0.6) is 11.6 Å². The Morgan fingerprint density at radius 3 is 2.65 bits per heavy atom. The summed E-state index contributed by atoms with van der Waals surface area (Å²) in [6.07, 6.45) is 1.72.